The second-order valence-electron chi connectivity index (χ2n) is 6.78. The number of hydrogen-bond donors (Lipinski definition) is 2. The van der Waals surface area contributed by atoms with Crippen molar-refractivity contribution in [3.8, 4) is 0 Å². The van der Waals surface area contributed by atoms with E-state index < -0.39 is 0 Å². The van der Waals surface area contributed by atoms with E-state index in [1.54, 1.807) is 0 Å². The predicted molar refractivity (Wildman–Crippen MR) is 69.9 cm³/mol. The first-order valence-electron chi connectivity index (χ1n) is 7.65. The van der Waals surface area contributed by atoms with Crippen molar-refractivity contribution in [1.82, 2.24) is 5.32 Å². The average Bonchev–Trinajstić information content (AvgIpc) is 3.03. The topological polar surface area (TPSA) is 49.3 Å². The van der Waals surface area contributed by atoms with Crippen molar-refractivity contribution in [3.63, 3.8) is 0 Å². The summed E-state index contributed by atoms with van der Waals surface area (Å²) in [6, 6.07) is 0. The van der Waals surface area contributed by atoms with Crippen LogP contribution in [0.2, 0.25) is 0 Å². The number of amides is 1. The van der Waals surface area contributed by atoms with Crippen molar-refractivity contribution < 1.29 is 9.90 Å². The summed E-state index contributed by atoms with van der Waals surface area (Å²) in [5.41, 5.74) is 0. The van der Waals surface area contributed by atoms with E-state index in [0.29, 0.717) is 11.8 Å². The molecule has 3 nitrogen and oxygen atoms in total. The second kappa shape index (κ2) is 5.20. The smallest absolute Gasteiger partial charge is 0.220 e. The van der Waals surface area contributed by atoms with Crippen molar-refractivity contribution in [2.75, 3.05) is 6.54 Å². The minimum atomic E-state index is -0.127. The van der Waals surface area contributed by atoms with Crippen LogP contribution in [0, 0.1) is 23.7 Å². The molecule has 5 unspecified atom stereocenters. The molecule has 0 aliphatic heterocycles. The van der Waals surface area contributed by atoms with E-state index in [1.807, 2.05) is 0 Å². The van der Waals surface area contributed by atoms with Crippen LogP contribution in [-0.2, 0) is 4.79 Å². The zero-order valence-electron chi connectivity index (χ0n) is 11.1. The number of fused-ring (bicyclic) bond motifs is 2. The van der Waals surface area contributed by atoms with E-state index in [9.17, 15) is 9.90 Å². The van der Waals surface area contributed by atoms with Crippen molar-refractivity contribution >= 4 is 5.91 Å². The fraction of sp³-hybridized carbons (Fsp3) is 0.933. The first kappa shape index (κ1) is 12.5. The fourth-order valence-electron chi connectivity index (χ4n) is 4.43. The molecule has 0 saturated heterocycles. The molecule has 5 atom stereocenters. The van der Waals surface area contributed by atoms with Gasteiger partial charge in [-0.3, -0.25) is 4.79 Å². The van der Waals surface area contributed by atoms with E-state index in [-0.39, 0.29) is 12.0 Å². The third kappa shape index (κ3) is 2.71. The van der Waals surface area contributed by atoms with Crippen molar-refractivity contribution in [2.24, 2.45) is 23.7 Å². The SMILES string of the molecule is O=C(CC1CC2CCC1C2)NCC1CCC(O)C1. The third-order valence-corrected chi connectivity index (χ3v) is 5.43. The van der Waals surface area contributed by atoms with Gasteiger partial charge in [0.05, 0.1) is 6.10 Å². The van der Waals surface area contributed by atoms with E-state index in [2.05, 4.69) is 5.32 Å². The molecule has 3 aliphatic rings. The fourth-order valence-corrected chi connectivity index (χ4v) is 4.43. The first-order chi connectivity index (χ1) is 8.70. The van der Waals surface area contributed by atoms with E-state index in [4.69, 9.17) is 0 Å². The van der Waals surface area contributed by atoms with Gasteiger partial charge in [0.2, 0.25) is 5.91 Å². The number of nitrogens with one attached hydrogen (secondary N) is 1. The van der Waals surface area contributed by atoms with Gasteiger partial charge in [-0.15, -0.1) is 0 Å². The molecule has 0 heterocycles. The summed E-state index contributed by atoms with van der Waals surface area (Å²) >= 11 is 0. The van der Waals surface area contributed by atoms with Crippen LogP contribution in [-0.4, -0.2) is 23.7 Å². The Morgan fingerprint density at radius 2 is 2.00 bits per heavy atom. The molecule has 0 aromatic carbocycles. The van der Waals surface area contributed by atoms with Gasteiger partial charge in [-0.2, -0.15) is 0 Å². The highest BCUT2D eigenvalue weighted by Gasteiger charge is 2.40. The maximum atomic E-state index is 11.9. The normalized spacial score (nSPS) is 42.4. The van der Waals surface area contributed by atoms with Gasteiger partial charge >= 0.3 is 0 Å². The van der Waals surface area contributed by atoms with Crippen molar-refractivity contribution in [1.29, 1.82) is 0 Å². The van der Waals surface area contributed by atoms with E-state index in [1.165, 1.54) is 25.7 Å². The summed E-state index contributed by atoms with van der Waals surface area (Å²) in [7, 11) is 0. The monoisotopic (exact) mass is 251 g/mol. The molecule has 0 aromatic heterocycles. The van der Waals surface area contributed by atoms with Crippen LogP contribution in [0.4, 0.5) is 0 Å². The van der Waals surface area contributed by atoms with Gasteiger partial charge in [-0.1, -0.05) is 6.42 Å². The summed E-state index contributed by atoms with van der Waals surface area (Å²) in [6.07, 6.45) is 8.90. The molecule has 18 heavy (non-hydrogen) atoms. The highest BCUT2D eigenvalue weighted by Crippen LogP contribution is 2.49. The lowest BCUT2D eigenvalue weighted by atomic mass is 9.86. The Morgan fingerprint density at radius 1 is 1.11 bits per heavy atom. The molecule has 0 aromatic rings. The molecule has 0 radical (unpaired) electrons. The van der Waals surface area contributed by atoms with Gasteiger partial charge in [0, 0.05) is 13.0 Å². The number of hydrogen-bond acceptors (Lipinski definition) is 2. The van der Waals surface area contributed by atoms with Crippen molar-refractivity contribution in [2.45, 2.75) is 57.5 Å². The average molecular weight is 251 g/mol. The van der Waals surface area contributed by atoms with Crippen LogP contribution in [0.1, 0.15) is 51.4 Å². The number of carbonyl (C=O) groups excluding carboxylic acids is 1. The molecule has 3 rings (SSSR count). The first-order valence-corrected chi connectivity index (χ1v) is 7.65. The molecule has 102 valence electrons. The molecule has 3 saturated carbocycles. The molecular weight excluding hydrogens is 226 g/mol. The molecule has 3 heteroatoms. The Labute approximate surface area is 109 Å². The van der Waals surface area contributed by atoms with Crippen LogP contribution < -0.4 is 5.32 Å². The minimum Gasteiger partial charge on any atom is -0.393 e. The molecule has 0 spiro atoms. The Morgan fingerprint density at radius 3 is 2.61 bits per heavy atom. The highest BCUT2D eigenvalue weighted by atomic mass is 16.3. The lowest BCUT2D eigenvalue weighted by Crippen LogP contribution is -2.31. The summed E-state index contributed by atoms with van der Waals surface area (Å²) in [5.74, 6) is 3.18. The van der Waals surface area contributed by atoms with Gasteiger partial charge in [0.15, 0.2) is 0 Å². The number of rotatable bonds is 4. The molecule has 3 fully saturated rings. The van der Waals surface area contributed by atoms with Crippen LogP contribution in [0.5, 0.6) is 0 Å². The van der Waals surface area contributed by atoms with Crippen LogP contribution >= 0.6 is 0 Å². The maximum Gasteiger partial charge on any atom is 0.220 e. The number of aliphatic hydroxyl groups excluding tert-OH is 1. The summed E-state index contributed by atoms with van der Waals surface area (Å²) in [4.78, 5) is 11.9. The quantitative estimate of drug-likeness (QED) is 0.804. The van der Waals surface area contributed by atoms with Crippen LogP contribution in [0.15, 0.2) is 0 Å². The summed E-state index contributed by atoms with van der Waals surface area (Å²) in [6.45, 7) is 0.775. The largest absolute Gasteiger partial charge is 0.393 e. The van der Waals surface area contributed by atoms with E-state index >= 15 is 0 Å². The maximum absolute atomic E-state index is 11.9. The summed E-state index contributed by atoms with van der Waals surface area (Å²) in [5, 5.41) is 12.5. The van der Waals surface area contributed by atoms with Crippen molar-refractivity contribution in [3.05, 3.63) is 0 Å². The zero-order chi connectivity index (χ0) is 12.5. The summed E-state index contributed by atoms with van der Waals surface area (Å²) < 4.78 is 0. The van der Waals surface area contributed by atoms with Crippen LogP contribution in [0.25, 0.3) is 0 Å². The lowest BCUT2D eigenvalue weighted by Gasteiger charge is -2.21. The van der Waals surface area contributed by atoms with Gasteiger partial charge in [0.1, 0.15) is 0 Å². The second-order valence-corrected chi connectivity index (χ2v) is 6.78. The predicted octanol–water partition coefficient (Wildman–Crippen LogP) is 2.09. The zero-order valence-corrected chi connectivity index (χ0v) is 11.1. The molecular formula is C15H25NO2. The number of aliphatic hydroxyl groups is 1. The van der Waals surface area contributed by atoms with E-state index in [0.717, 1.165) is 44.1 Å². The van der Waals surface area contributed by atoms with Crippen LogP contribution in [0.3, 0.4) is 0 Å². The molecule has 3 aliphatic carbocycles. The highest BCUT2D eigenvalue weighted by molar-refractivity contribution is 5.76. The standard InChI is InChI=1S/C15H25NO2/c17-14-4-2-11(7-14)9-16-15(18)8-13-6-10-1-3-12(13)5-10/h10-14,17H,1-9H2,(H,16,18). The Balaban J connectivity index is 1.37. The molecule has 2 bridgehead atoms. The number of carbonyl (C=O) groups is 1. The van der Waals surface area contributed by atoms with Gasteiger partial charge in [0.25, 0.3) is 0 Å². The Hall–Kier alpha value is -0.570. The molecule has 1 amide bonds. The Bertz CT molecular complexity index is 318. The van der Waals surface area contributed by atoms with Gasteiger partial charge < -0.3 is 10.4 Å². The van der Waals surface area contributed by atoms with Gasteiger partial charge in [-0.05, 0) is 62.2 Å². The minimum absolute atomic E-state index is 0.127. The van der Waals surface area contributed by atoms with Gasteiger partial charge in [-0.25, -0.2) is 0 Å². The lowest BCUT2D eigenvalue weighted by molar-refractivity contribution is -0.122. The third-order valence-electron chi connectivity index (χ3n) is 5.43. The Kier molecular flexibility index (Phi) is 3.60. The molecule has 2 N–H and O–H groups in total.